The van der Waals surface area contributed by atoms with Gasteiger partial charge in [-0.15, -0.1) is 0 Å². The first kappa shape index (κ1) is 24.0. The molecule has 2 fully saturated rings. The number of hydrogen-bond donors (Lipinski definition) is 2. The van der Waals surface area contributed by atoms with Crippen molar-refractivity contribution < 1.29 is 24.1 Å². The minimum absolute atomic E-state index is 0.0281. The number of aliphatic hydroxyl groups excluding tert-OH is 1. The molecule has 3 N–H and O–H groups in total. The molecule has 0 aromatic heterocycles. The molecule has 30 heavy (non-hydrogen) atoms. The van der Waals surface area contributed by atoms with Crippen LogP contribution in [0.3, 0.4) is 0 Å². The molecule has 0 saturated carbocycles. The lowest BCUT2D eigenvalue weighted by Gasteiger charge is -2.47. The van der Waals surface area contributed by atoms with Gasteiger partial charge in [-0.2, -0.15) is 0 Å². The second kappa shape index (κ2) is 11.2. The van der Waals surface area contributed by atoms with Crippen LogP contribution in [0.4, 0.5) is 0 Å². The quantitative estimate of drug-likeness (QED) is 0.333. The third-order valence-electron chi connectivity index (χ3n) is 5.51. The van der Waals surface area contributed by atoms with E-state index < -0.39 is 60.9 Å². The molecule has 10 atom stereocenters. The molecule has 2 aliphatic rings. The Labute approximate surface area is 172 Å². The van der Waals surface area contributed by atoms with E-state index in [2.05, 4.69) is 30.1 Å². The van der Waals surface area contributed by atoms with Crippen LogP contribution < -0.4 is 5.73 Å². The molecule has 2 rings (SSSR count). The topological polar surface area (TPSA) is 229 Å². The minimum atomic E-state index is -1.05. The van der Waals surface area contributed by atoms with Gasteiger partial charge in [0.25, 0.3) is 0 Å². The average molecular weight is 426 g/mol. The van der Waals surface area contributed by atoms with E-state index in [9.17, 15) is 5.11 Å². The lowest BCUT2D eigenvalue weighted by Crippen LogP contribution is -2.60. The predicted octanol–water partition coefficient (Wildman–Crippen LogP) is 1.73. The van der Waals surface area contributed by atoms with E-state index in [4.69, 9.17) is 41.3 Å². The summed E-state index contributed by atoms with van der Waals surface area (Å²) in [5.41, 5.74) is 32.3. The second-order valence-corrected chi connectivity index (χ2v) is 7.17. The number of hydrogen-bond acceptors (Lipinski definition) is 9. The van der Waals surface area contributed by atoms with Crippen LogP contribution in [0.2, 0.25) is 0 Å². The van der Waals surface area contributed by atoms with Crippen LogP contribution in [0.5, 0.6) is 0 Å². The first-order valence-corrected chi connectivity index (χ1v) is 9.40. The zero-order valence-electron chi connectivity index (χ0n) is 16.9. The maximum atomic E-state index is 10.4. The van der Waals surface area contributed by atoms with Crippen molar-refractivity contribution in [3.05, 3.63) is 31.3 Å². The summed E-state index contributed by atoms with van der Waals surface area (Å²) < 4.78 is 23.0. The molecule has 0 aromatic carbocycles. The monoisotopic (exact) mass is 426 g/mol. The summed E-state index contributed by atoms with van der Waals surface area (Å²) in [6.45, 7) is 3.42. The van der Waals surface area contributed by atoms with Gasteiger partial charge in [0.1, 0.15) is 0 Å². The Morgan fingerprint density at radius 3 is 2.10 bits per heavy atom. The number of rotatable bonds is 8. The molecule has 0 radical (unpaired) electrons. The van der Waals surface area contributed by atoms with E-state index in [1.807, 2.05) is 0 Å². The Balaban J connectivity index is 2.36. The molecule has 0 amide bonds. The van der Waals surface area contributed by atoms with Gasteiger partial charge in [-0.25, -0.2) is 0 Å². The summed E-state index contributed by atoms with van der Waals surface area (Å²) >= 11 is 0. The van der Waals surface area contributed by atoms with Crippen molar-refractivity contribution in [2.45, 2.75) is 62.9 Å². The number of ether oxygens (including phenoxy) is 4. The highest BCUT2D eigenvalue weighted by molar-refractivity contribution is 4.96. The summed E-state index contributed by atoms with van der Waals surface area (Å²) in [6.07, 6.45) is -5.11. The van der Waals surface area contributed by atoms with Crippen LogP contribution in [0, 0.1) is 11.8 Å². The minimum Gasteiger partial charge on any atom is -0.390 e. The highest BCUT2D eigenvalue weighted by atomic mass is 16.7. The summed E-state index contributed by atoms with van der Waals surface area (Å²) in [5, 5.41) is 21.4. The SMILES string of the molecule is CO[C@H]1OC(CN=[N+]=[N-])[C@@H](O[C@H]2OC(CN)[C@@H](O)C(C)[C@@H]2N=[N+]=[N-])C(C)[C@@H]1N=[N+]=[N-]. The van der Waals surface area contributed by atoms with Gasteiger partial charge in [-0.05, 0) is 28.4 Å². The molecule has 166 valence electrons. The fraction of sp³-hybridized carbons (Fsp3) is 1.00. The molecule has 0 aromatic rings. The van der Waals surface area contributed by atoms with Crippen molar-refractivity contribution >= 4 is 0 Å². The van der Waals surface area contributed by atoms with Gasteiger partial charge in [0.2, 0.25) is 0 Å². The standard InChI is InChI=1S/C15H26N10O5/c1-6-10(21-24-18)15(28-8(4-16)12(6)26)30-13-7(2)11(22-25-19)14(27-3)29-9(13)5-20-23-17/h6-15,26H,4-5,16H2,1-3H3/t6?,7?,8?,9?,10-,11-,12-,13-,14-,15+/m0/s1. The van der Waals surface area contributed by atoms with Crippen LogP contribution in [0.25, 0.3) is 31.3 Å². The molecule has 0 bridgehead atoms. The zero-order chi connectivity index (χ0) is 22.3. The van der Waals surface area contributed by atoms with E-state index in [1.165, 1.54) is 7.11 Å². The van der Waals surface area contributed by atoms with Crippen LogP contribution >= 0.6 is 0 Å². The lowest BCUT2D eigenvalue weighted by atomic mass is 9.87. The van der Waals surface area contributed by atoms with Gasteiger partial charge in [-0.1, -0.05) is 29.2 Å². The summed E-state index contributed by atoms with van der Waals surface area (Å²) in [5.74, 6) is -0.935. The molecule has 0 aliphatic carbocycles. The van der Waals surface area contributed by atoms with Gasteiger partial charge < -0.3 is 29.8 Å². The van der Waals surface area contributed by atoms with Crippen molar-refractivity contribution in [2.24, 2.45) is 32.9 Å². The smallest absolute Gasteiger partial charge is 0.167 e. The van der Waals surface area contributed by atoms with Gasteiger partial charge in [0.05, 0.1) is 43.0 Å². The number of nitrogens with two attached hydrogens (primary N) is 1. The summed E-state index contributed by atoms with van der Waals surface area (Å²) in [4.78, 5) is 8.44. The maximum Gasteiger partial charge on any atom is 0.167 e. The van der Waals surface area contributed by atoms with Crippen molar-refractivity contribution in [3.63, 3.8) is 0 Å². The molecule has 0 spiro atoms. The Morgan fingerprint density at radius 1 is 0.967 bits per heavy atom. The Morgan fingerprint density at radius 2 is 1.57 bits per heavy atom. The number of nitrogens with zero attached hydrogens (tertiary/aromatic N) is 9. The predicted molar refractivity (Wildman–Crippen MR) is 102 cm³/mol. The summed E-state index contributed by atoms with van der Waals surface area (Å²) in [7, 11) is 1.40. The molecule has 2 aliphatic heterocycles. The van der Waals surface area contributed by atoms with Gasteiger partial charge in [0, 0.05) is 28.4 Å². The zero-order valence-corrected chi connectivity index (χ0v) is 16.9. The number of aliphatic hydroxyl groups is 1. The number of methoxy groups -OCH3 is 1. The van der Waals surface area contributed by atoms with Gasteiger partial charge in [-0.3, -0.25) is 0 Å². The van der Waals surface area contributed by atoms with E-state index in [0.29, 0.717) is 0 Å². The van der Waals surface area contributed by atoms with Crippen molar-refractivity contribution in [1.82, 2.24) is 0 Å². The first-order chi connectivity index (χ1) is 14.4. The largest absolute Gasteiger partial charge is 0.390 e. The fourth-order valence-electron chi connectivity index (χ4n) is 3.80. The lowest BCUT2D eigenvalue weighted by molar-refractivity contribution is -0.305. The van der Waals surface area contributed by atoms with E-state index in [1.54, 1.807) is 13.8 Å². The van der Waals surface area contributed by atoms with Crippen LogP contribution in [0.1, 0.15) is 13.8 Å². The van der Waals surface area contributed by atoms with Crippen molar-refractivity contribution in [1.29, 1.82) is 0 Å². The second-order valence-electron chi connectivity index (χ2n) is 7.17. The number of azide groups is 3. The van der Waals surface area contributed by atoms with E-state index in [-0.39, 0.29) is 13.1 Å². The average Bonchev–Trinajstić information content (AvgIpc) is 2.75. The molecule has 2 heterocycles. The van der Waals surface area contributed by atoms with E-state index in [0.717, 1.165) is 0 Å². The Kier molecular flexibility index (Phi) is 8.93. The van der Waals surface area contributed by atoms with Crippen molar-refractivity contribution in [3.8, 4) is 0 Å². The van der Waals surface area contributed by atoms with Gasteiger partial charge in [0.15, 0.2) is 12.6 Å². The third kappa shape index (κ3) is 5.05. The van der Waals surface area contributed by atoms with Crippen LogP contribution in [-0.4, -0.2) is 74.4 Å². The van der Waals surface area contributed by atoms with Gasteiger partial charge >= 0.3 is 0 Å². The van der Waals surface area contributed by atoms with Crippen LogP contribution in [-0.2, 0) is 18.9 Å². The normalized spacial score (nSPS) is 41.1. The molecule has 15 heteroatoms. The Hall–Kier alpha value is -2.31. The molecule has 2 saturated heterocycles. The third-order valence-corrected chi connectivity index (χ3v) is 5.51. The molecule has 15 nitrogen and oxygen atoms in total. The maximum absolute atomic E-state index is 10.4. The van der Waals surface area contributed by atoms with Crippen LogP contribution in [0.15, 0.2) is 15.3 Å². The molecular weight excluding hydrogens is 400 g/mol. The first-order valence-electron chi connectivity index (χ1n) is 9.40. The fourth-order valence-corrected chi connectivity index (χ4v) is 3.80. The van der Waals surface area contributed by atoms with Crippen molar-refractivity contribution in [2.75, 3.05) is 20.2 Å². The highest BCUT2D eigenvalue weighted by Gasteiger charge is 2.49. The summed E-state index contributed by atoms with van der Waals surface area (Å²) in [6, 6.07) is -1.58. The highest BCUT2D eigenvalue weighted by Crippen LogP contribution is 2.36. The molecule has 4 unspecified atom stereocenters. The van der Waals surface area contributed by atoms with E-state index >= 15 is 0 Å². The molecular formula is C15H26N10O5. The Bertz CT molecular complexity index is 721.